The number of aromatic nitrogens is 2. The lowest BCUT2D eigenvalue weighted by molar-refractivity contribution is 0.819. The normalized spacial score (nSPS) is 12.1. The third-order valence-electron chi connectivity index (χ3n) is 6.72. The Kier molecular flexibility index (Phi) is 5.04. The Morgan fingerprint density at radius 2 is 1.44 bits per heavy atom. The highest BCUT2D eigenvalue weighted by molar-refractivity contribution is 7.25. The van der Waals surface area contributed by atoms with E-state index in [1.807, 2.05) is 11.3 Å². The fourth-order valence-corrected chi connectivity index (χ4v) is 6.38. The summed E-state index contributed by atoms with van der Waals surface area (Å²) >= 11 is 1.91. The van der Waals surface area contributed by atoms with Crippen LogP contribution in [0.2, 0.25) is 0 Å². The maximum atomic E-state index is 5.16. The van der Waals surface area contributed by atoms with Crippen molar-refractivity contribution in [3.63, 3.8) is 0 Å². The van der Waals surface area contributed by atoms with Crippen LogP contribution in [-0.4, -0.2) is 9.55 Å². The van der Waals surface area contributed by atoms with Crippen molar-refractivity contribution in [3.8, 4) is 17.1 Å². The van der Waals surface area contributed by atoms with E-state index in [-0.39, 0.29) is 0 Å². The summed E-state index contributed by atoms with van der Waals surface area (Å²) in [5, 5.41) is 2.75. The molecule has 0 amide bonds. The Morgan fingerprint density at radius 1 is 0.735 bits per heavy atom. The average Bonchev–Trinajstić information content (AvgIpc) is 3.41. The van der Waals surface area contributed by atoms with E-state index >= 15 is 0 Å². The van der Waals surface area contributed by atoms with Crippen LogP contribution in [0.4, 0.5) is 0 Å². The highest BCUT2D eigenvalue weighted by atomic mass is 32.1. The van der Waals surface area contributed by atoms with E-state index in [0.29, 0.717) is 11.8 Å². The van der Waals surface area contributed by atoms with Gasteiger partial charge in [-0.25, -0.2) is 4.98 Å². The van der Waals surface area contributed by atoms with Gasteiger partial charge in [0.1, 0.15) is 5.82 Å². The third-order valence-corrected chi connectivity index (χ3v) is 7.84. The number of imidazole rings is 1. The van der Waals surface area contributed by atoms with Crippen LogP contribution >= 0.6 is 11.3 Å². The van der Waals surface area contributed by atoms with Crippen LogP contribution in [0, 0.1) is 0 Å². The zero-order chi connectivity index (χ0) is 23.4. The highest BCUT2D eigenvalue weighted by Gasteiger charge is 2.25. The van der Waals surface area contributed by atoms with Gasteiger partial charge in [0.15, 0.2) is 0 Å². The maximum Gasteiger partial charge on any atom is 0.145 e. The van der Waals surface area contributed by atoms with Crippen molar-refractivity contribution in [1.29, 1.82) is 0 Å². The first-order chi connectivity index (χ1) is 16.5. The number of hydrogen-bond acceptors (Lipinski definition) is 2. The van der Waals surface area contributed by atoms with E-state index < -0.39 is 0 Å². The summed E-state index contributed by atoms with van der Waals surface area (Å²) in [5.41, 5.74) is 7.42. The van der Waals surface area contributed by atoms with Gasteiger partial charge in [0.2, 0.25) is 0 Å². The number of nitrogens with zero attached hydrogens (tertiary/aromatic N) is 2. The molecule has 4 aromatic carbocycles. The Hall–Kier alpha value is -3.43. The molecule has 6 aromatic rings. The molecule has 34 heavy (non-hydrogen) atoms. The smallest absolute Gasteiger partial charge is 0.145 e. The van der Waals surface area contributed by atoms with Gasteiger partial charge < -0.3 is 0 Å². The second kappa shape index (κ2) is 8.11. The molecule has 2 nitrogen and oxygen atoms in total. The molecule has 0 aliphatic rings. The van der Waals surface area contributed by atoms with E-state index in [0.717, 1.165) is 22.4 Å². The molecule has 168 valence electrons. The summed E-state index contributed by atoms with van der Waals surface area (Å²) in [4.78, 5) is 5.16. The van der Waals surface area contributed by atoms with Crippen LogP contribution in [0.25, 0.3) is 48.3 Å². The Morgan fingerprint density at radius 3 is 2.21 bits per heavy atom. The number of fused-ring (bicyclic) bond motifs is 4. The molecule has 2 heterocycles. The van der Waals surface area contributed by atoms with Crippen molar-refractivity contribution in [3.05, 3.63) is 96.1 Å². The Labute approximate surface area is 204 Å². The zero-order valence-corrected chi connectivity index (χ0v) is 20.9. The standard InChI is InChI=1S/C31H28N2S/c1-19(2)23-18-27-29(22-14-8-11-17-26(22)34-27)28(20(3)4)30(23)33-25-16-10-9-15-24(25)32-31(33)21-12-6-5-7-13-21/h5-20H,1-4H3. The van der Waals surface area contributed by atoms with E-state index in [1.165, 1.54) is 37.0 Å². The molecule has 3 heteroatoms. The van der Waals surface area contributed by atoms with Crippen molar-refractivity contribution in [2.24, 2.45) is 0 Å². The first kappa shape index (κ1) is 21.1. The monoisotopic (exact) mass is 460 g/mol. The first-order valence-corrected chi connectivity index (χ1v) is 12.9. The quantitative estimate of drug-likeness (QED) is 0.256. The summed E-state index contributed by atoms with van der Waals surface area (Å²) in [6.45, 7) is 9.28. The van der Waals surface area contributed by atoms with Crippen LogP contribution in [0.5, 0.6) is 0 Å². The van der Waals surface area contributed by atoms with Crippen molar-refractivity contribution < 1.29 is 0 Å². The summed E-state index contributed by atoms with van der Waals surface area (Å²) in [5.74, 6) is 1.75. The van der Waals surface area contributed by atoms with Crippen molar-refractivity contribution in [2.75, 3.05) is 0 Å². The first-order valence-electron chi connectivity index (χ1n) is 12.1. The lowest BCUT2D eigenvalue weighted by Crippen LogP contribution is -2.09. The molecule has 0 spiro atoms. The van der Waals surface area contributed by atoms with Gasteiger partial charge in [0, 0.05) is 25.7 Å². The number of thiophene rings is 1. The van der Waals surface area contributed by atoms with Crippen LogP contribution in [0.1, 0.15) is 50.7 Å². The number of rotatable bonds is 4. The molecule has 0 N–H and O–H groups in total. The summed E-state index contributed by atoms with van der Waals surface area (Å²) < 4.78 is 5.16. The lowest BCUT2D eigenvalue weighted by Gasteiger charge is -2.24. The molecule has 6 rings (SSSR count). The van der Waals surface area contributed by atoms with Crippen LogP contribution in [-0.2, 0) is 0 Å². The average molecular weight is 461 g/mol. The van der Waals surface area contributed by atoms with Crippen molar-refractivity contribution in [1.82, 2.24) is 9.55 Å². The SMILES string of the molecule is CC(C)c1cc2sc3ccccc3c2c(C(C)C)c1-n1c(-c2ccccc2)nc2ccccc21. The molecule has 0 unspecified atom stereocenters. The van der Waals surface area contributed by atoms with Gasteiger partial charge >= 0.3 is 0 Å². The van der Waals surface area contributed by atoms with E-state index in [2.05, 4.69) is 117 Å². The minimum Gasteiger partial charge on any atom is -0.292 e. The minimum absolute atomic E-state index is 0.360. The van der Waals surface area contributed by atoms with Gasteiger partial charge in [-0.1, -0.05) is 88.4 Å². The molecule has 0 saturated heterocycles. The lowest BCUT2D eigenvalue weighted by atomic mass is 9.88. The third kappa shape index (κ3) is 3.19. The van der Waals surface area contributed by atoms with Gasteiger partial charge in [-0.2, -0.15) is 0 Å². The van der Waals surface area contributed by atoms with Crippen molar-refractivity contribution in [2.45, 2.75) is 39.5 Å². The molecule has 0 bridgehead atoms. The van der Waals surface area contributed by atoms with E-state index in [1.54, 1.807) is 0 Å². The van der Waals surface area contributed by atoms with Gasteiger partial charge in [-0.3, -0.25) is 4.57 Å². The van der Waals surface area contributed by atoms with E-state index in [9.17, 15) is 0 Å². The molecule has 0 aliphatic heterocycles. The summed E-state index contributed by atoms with van der Waals surface area (Å²) in [6, 6.07) is 30.4. The number of hydrogen-bond donors (Lipinski definition) is 0. The van der Waals surface area contributed by atoms with Crippen LogP contribution in [0.3, 0.4) is 0 Å². The largest absolute Gasteiger partial charge is 0.292 e. The van der Waals surface area contributed by atoms with E-state index in [4.69, 9.17) is 4.98 Å². The molecule has 0 saturated carbocycles. The predicted octanol–water partition coefficient (Wildman–Crippen LogP) is 9.31. The molecule has 0 radical (unpaired) electrons. The van der Waals surface area contributed by atoms with Gasteiger partial charge in [0.25, 0.3) is 0 Å². The van der Waals surface area contributed by atoms with Crippen LogP contribution in [0.15, 0.2) is 84.9 Å². The summed E-state index contributed by atoms with van der Waals surface area (Å²) in [7, 11) is 0. The fourth-order valence-electron chi connectivity index (χ4n) is 5.21. The highest BCUT2D eigenvalue weighted by Crippen LogP contribution is 2.46. The zero-order valence-electron chi connectivity index (χ0n) is 20.0. The Balaban J connectivity index is 1.85. The minimum atomic E-state index is 0.360. The second-order valence-electron chi connectivity index (χ2n) is 9.63. The molecular weight excluding hydrogens is 432 g/mol. The van der Waals surface area contributed by atoms with Gasteiger partial charge in [-0.15, -0.1) is 11.3 Å². The fraction of sp³-hybridized carbons (Fsp3) is 0.194. The number of benzene rings is 4. The maximum absolute atomic E-state index is 5.16. The number of para-hydroxylation sites is 2. The molecule has 0 fully saturated rings. The second-order valence-corrected chi connectivity index (χ2v) is 10.7. The van der Waals surface area contributed by atoms with Crippen molar-refractivity contribution >= 4 is 42.5 Å². The molecular formula is C31H28N2S. The molecule has 2 aromatic heterocycles. The molecule has 0 atom stereocenters. The predicted molar refractivity (Wildman–Crippen MR) is 148 cm³/mol. The Bertz CT molecular complexity index is 1650. The van der Waals surface area contributed by atoms with Gasteiger partial charge in [0.05, 0.1) is 16.7 Å². The van der Waals surface area contributed by atoms with Crippen LogP contribution < -0.4 is 0 Å². The molecule has 0 aliphatic carbocycles. The van der Waals surface area contributed by atoms with Gasteiger partial charge in [-0.05, 0) is 47.2 Å². The summed E-state index contributed by atoms with van der Waals surface area (Å²) in [6.07, 6.45) is 0. The topological polar surface area (TPSA) is 17.8 Å².